The molecule has 1 unspecified atom stereocenters. The van der Waals surface area contributed by atoms with Gasteiger partial charge in [-0.2, -0.15) is 0 Å². The van der Waals surface area contributed by atoms with E-state index >= 15 is 0 Å². The molecule has 0 heterocycles. The normalized spacial score (nSPS) is 11.2. The lowest BCUT2D eigenvalue weighted by Gasteiger charge is -2.20. The van der Waals surface area contributed by atoms with Gasteiger partial charge in [0.25, 0.3) is 0 Å². The number of rotatable bonds is 8. The number of ether oxygens (including phenoxy) is 3. The fraction of sp³-hybridized carbons (Fsp3) is 0.450. The average molecular weight is 407 g/mol. The summed E-state index contributed by atoms with van der Waals surface area (Å²) in [6.07, 6.45) is 5.06. The highest BCUT2D eigenvalue weighted by molar-refractivity contribution is 9.10. The highest BCUT2D eigenvalue weighted by Crippen LogP contribution is 2.32. The number of hydrogen-bond acceptors (Lipinski definition) is 4. The van der Waals surface area contributed by atoms with E-state index in [1.165, 1.54) is 0 Å². The molecule has 0 aliphatic heterocycles. The molecule has 0 fully saturated rings. The van der Waals surface area contributed by atoms with Gasteiger partial charge in [0.1, 0.15) is 19.0 Å². The Kier molecular flexibility index (Phi) is 9.77. The lowest BCUT2D eigenvalue weighted by Crippen LogP contribution is -2.21. The van der Waals surface area contributed by atoms with Crippen LogP contribution in [0.1, 0.15) is 32.3 Å². The van der Waals surface area contributed by atoms with Crippen LogP contribution in [0.5, 0.6) is 5.75 Å². The average Bonchev–Trinajstić information content (AvgIpc) is 2.56. The van der Waals surface area contributed by atoms with Gasteiger partial charge in [0, 0.05) is 0 Å². The van der Waals surface area contributed by atoms with E-state index in [9.17, 15) is 4.79 Å². The van der Waals surface area contributed by atoms with Gasteiger partial charge in [0.15, 0.2) is 6.61 Å². The summed E-state index contributed by atoms with van der Waals surface area (Å²) in [7, 11) is 0. The second kappa shape index (κ2) is 11.6. The van der Waals surface area contributed by atoms with Crippen LogP contribution in [0.3, 0.4) is 0 Å². The Morgan fingerprint density at radius 3 is 2.56 bits per heavy atom. The van der Waals surface area contributed by atoms with Crippen molar-refractivity contribution >= 4 is 21.9 Å². The Morgan fingerprint density at radius 1 is 1.24 bits per heavy atom. The second-order valence-electron chi connectivity index (χ2n) is 5.50. The van der Waals surface area contributed by atoms with Gasteiger partial charge in [0.2, 0.25) is 0 Å². The third-order valence-electron chi connectivity index (χ3n) is 3.31. The molecule has 5 heteroatoms. The van der Waals surface area contributed by atoms with Gasteiger partial charge in [-0.25, -0.2) is 0 Å². The number of terminal acetylenes is 1. The maximum absolute atomic E-state index is 12.4. The zero-order valence-electron chi connectivity index (χ0n) is 14.8. The summed E-state index contributed by atoms with van der Waals surface area (Å²) in [4.78, 5) is 12.4. The van der Waals surface area contributed by atoms with Crippen molar-refractivity contribution in [1.82, 2.24) is 0 Å². The van der Waals surface area contributed by atoms with E-state index in [0.29, 0.717) is 6.61 Å². The van der Waals surface area contributed by atoms with Crippen LogP contribution in [0.15, 0.2) is 22.7 Å². The van der Waals surface area contributed by atoms with Crippen molar-refractivity contribution in [2.24, 2.45) is 5.92 Å². The van der Waals surface area contributed by atoms with Crippen LogP contribution in [-0.4, -0.2) is 32.4 Å². The molecule has 0 N–H and O–H groups in total. The molecule has 0 aromatic heterocycles. The molecule has 0 bridgehead atoms. The minimum absolute atomic E-state index is 0.0274. The molecule has 0 aliphatic rings. The predicted molar refractivity (Wildman–Crippen MR) is 101 cm³/mol. The molecule has 0 saturated heterocycles. The highest BCUT2D eigenvalue weighted by atomic mass is 79.9. The second-order valence-corrected chi connectivity index (χ2v) is 6.36. The van der Waals surface area contributed by atoms with Crippen LogP contribution in [0.25, 0.3) is 0 Å². The smallest absolute Gasteiger partial charge is 0.314 e. The lowest BCUT2D eigenvalue weighted by atomic mass is 9.88. The van der Waals surface area contributed by atoms with Gasteiger partial charge in [0.05, 0.1) is 17.0 Å². The van der Waals surface area contributed by atoms with Crippen molar-refractivity contribution in [3.05, 3.63) is 28.2 Å². The molecule has 25 heavy (non-hydrogen) atoms. The molecule has 134 valence electrons. The van der Waals surface area contributed by atoms with Gasteiger partial charge in [-0.1, -0.05) is 37.7 Å². The first-order chi connectivity index (χ1) is 12.0. The summed E-state index contributed by atoms with van der Waals surface area (Å²) in [6, 6.07) is 5.64. The maximum Gasteiger partial charge on any atom is 0.314 e. The largest absolute Gasteiger partial charge is 0.493 e. The molecule has 0 amide bonds. The van der Waals surface area contributed by atoms with Gasteiger partial charge in [-0.15, -0.1) is 6.42 Å². The number of carbonyl (C=O) groups excluding carboxylic acids is 1. The Labute approximate surface area is 158 Å². The van der Waals surface area contributed by atoms with E-state index in [1.807, 2.05) is 39.0 Å². The monoisotopic (exact) mass is 406 g/mol. The fourth-order valence-corrected chi connectivity index (χ4v) is 2.75. The molecule has 1 aromatic rings. The quantitative estimate of drug-likeness (QED) is 0.374. The van der Waals surface area contributed by atoms with E-state index in [4.69, 9.17) is 20.6 Å². The van der Waals surface area contributed by atoms with E-state index in [-0.39, 0.29) is 37.6 Å². The third-order valence-corrected chi connectivity index (χ3v) is 3.93. The zero-order chi connectivity index (χ0) is 18.7. The van der Waals surface area contributed by atoms with E-state index in [0.717, 1.165) is 15.8 Å². The first-order valence-electron chi connectivity index (χ1n) is 8.07. The minimum atomic E-state index is -0.369. The molecular formula is C20H23BrO4. The van der Waals surface area contributed by atoms with Crippen LogP contribution in [0.4, 0.5) is 0 Å². The molecule has 1 atom stereocenters. The Morgan fingerprint density at radius 2 is 1.96 bits per heavy atom. The molecule has 4 nitrogen and oxygen atoms in total. The van der Waals surface area contributed by atoms with Crippen molar-refractivity contribution in [2.45, 2.75) is 26.7 Å². The lowest BCUT2D eigenvalue weighted by molar-refractivity contribution is -0.145. The van der Waals surface area contributed by atoms with E-state index in [1.54, 1.807) is 0 Å². The molecule has 0 saturated carbocycles. The third kappa shape index (κ3) is 7.22. The van der Waals surface area contributed by atoms with Crippen LogP contribution in [-0.2, 0) is 14.3 Å². The van der Waals surface area contributed by atoms with Crippen molar-refractivity contribution in [2.75, 3.05) is 26.4 Å². The predicted octanol–water partition coefficient (Wildman–Crippen LogP) is 3.78. The molecule has 1 rings (SSSR count). The number of esters is 1. The summed E-state index contributed by atoms with van der Waals surface area (Å²) >= 11 is 3.48. The van der Waals surface area contributed by atoms with E-state index in [2.05, 4.69) is 33.7 Å². The van der Waals surface area contributed by atoms with Crippen LogP contribution in [0.2, 0.25) is 0 Å². The molecular weight excluding hydrogens is 384 g/mol. The Balaban J connectivity index is 2.71. The number of carbonyl (C=O) groups is 1. The SMILES string of the molecule is C#CCOCC#CCOC(=O)C(c1ccc(OCC)c(Br)c1)C(C)C. The summed E-state index contributed by atoms with van der Waals surface area (Å²) < 4.78 is 16.6. The van der Waals surface area contributed by atoms with Gasteiger partial charge in [-0.3, -0.25) is 4.79 Å². The number of halogens is 1. The summed E-state index contributed by atoms with van der Waals surface area (Å²) in [5.74, 6) is 8.00. The standard InChI is InChI=1S/C20H23BrO4/c1-5-11-23-12-7-8-13-25-20(22)19(15(3)4)16-9-10-18(24-6-2)17(21)14-16/h1,9-10,14-15,19H,6,11-13H2,2-4H3. The van der Waals surface area contributed by atoms with Crippen LogP contribution < -0.4 is 4.74 Å². The van der Waals surface area contributed by atoms with Gasteiger partial charge < -0.3 is 14.2 Å². The molecule has 0 aliphatic carbocycles. The minimum Gasteiger partial charge on any atom is -0.493 e. The zero-order valence-corrected chi connectivity index (χ0v) is 16.4. The summed E-state index contributed by atoms with van der Waals surface area (Å²) in [6.45, 7) is 6.94. The first kappa shape index (κ1) is 21.1. The molecule has 0 spiro atoms. The van der Waals surface area contributed by atoms with Crippen LogP contribution in [0, 0.1) is 30.1 Å². The summed E-state index contributed by atoms with van der Waals surface area (Å²) in [5.41, 5.74) is 0.876. The fourth-order valence-electron chi connectivity index (χ4n) is 2.24. The Bertz CT molecular complexity index is 664. The topological polar surface area (TPSA) is 44.8 Å². The molecule has 0 radical (unpaired) electrons. The first-order valence-corrected chi connectivity index (χ1v) is 8.86. The molecule has 1 aromatic carbocycles. The van der Waals surface area contributed by atoms with E-state index < -0.39 is 0 Å². The van der Waals surface area contributed by atoms with Gasteiger partial charge >= 0.3 is 5.97 Å². The highest BCUT2D eigenvalue weighted by Gasteiger charge is 2.26. The van der Waals surface area contributed by atoms with Crippen molar-refractivity contribution in [3.8, 4) is 29.9 Å². The Hall–Kier alpha value is -1.95. The van der Waals surface area contributed by atoms with Crippen LogP contribution >= 0.6 is 15.9 Å². The maximum atomic E-state index is 12.4. The van der Waals surface area contributed by atoms with Crippen molar-refractivity contribution in [1.29, 1.82) is 0 Å². The number of hydrogen-bond donors (Lipinski definition) is 0. The van der Waals surface area contributed by atoms with Gasteiger partial charge in [-0.05, 0) is 46.5 Å². The van der Waals surface area contributed by atoms with Crippen molar-refractivity contribution < 1.29 is 19.0 Å². The summed E-state index contributed by atoms with van der Waals surface area (Å²) in [5, 5.41) is 0. The van der Waals surface area contributed by atoms with Crippen molar-refractivity contribution in [3.63, 3.8) is 0 Å². The number of benzene rings is 1.